The molecule has 0 atom stereocenters. The normalized spacial score (nSPS) is 19.7. The molecule has 0 saturated carbocycles. The summed E-state index contributed by atoms with van der Waals surface area (Å²) in [6.45, 7) is 4.07. The quantitative estimate of drug-likeness (QED) is 0.832. The van der Waals surface area contributed by atoms with Gasteiger partial charge in [0.05, 0.1) is 13.2 Å². The highest BCUT2D eigenvalue weighted by Crippen LogP contribution is 2.10. The van der Waals surface area contributed by atoms with Crippen molar-refractivity contribution >= 4 is 17.5 Å². The Morgan fingerprint density at radius 2 is 1.89 bits per heavy atom. The molecule has 0 spiro atoms. The number of hydrogen-bond acceptors (Lipinski definition) is 5. The number of nitrogens with one attached hydrogen (secondary N) is 1. The first-order valence-corrected chi connectivity index (χ1v) is 6.68. The Morgan fingerprint density at radius 1 is 1.11 bits per heavy atom. The SMILES string of the molecule is c1ccc(NC2=NC(N3CCOCC3)=NCC2)cc1. The first-order chi connectivity index (χ1) is 9.42. The molecule has 0 aliphatic carbocycles. The Hall–Kier alpha value is -1.88. The second kappa shape index (κ2) is 5.84. The third-order valence-electron chi connectivity index (χ3n) is 3.19. The van der Waals surface area contributed by atoms with Crippen molar-refractivity contribution in [2.24, 2.45) is 9.98 Å². The van der Waals surface area contributed by atoms with E-state index in [4.69, 9.17) is 4.74 Å². The molecular formula is C14H18N4O. The minimum Gasteiger partial charge on any atom is -0.378 e. The number of anilines is 1. The monoisotopic (exact) mass is 258 g/mol. The second-order valence-electron chi connectivity index (χ2n) is 4.58. The molecule has 100 valence electrons. The Labute approximate surface area is 113 Å². The van der Waals surface area contributed by atoms with Gasteiger partial charge in [0.2, 0.25) is 5.96 Å². The van der Waals surface area contributed by atoms with Crippen molar-refractivity contribution in [2.75, 3.05) is 38.2 Å². The second-order valence-corrected chi connectivity index (χ2v) is 4.58. The number of amidine groups is 1. The number of nitrogens with zero attached hydrogens (tertiary/aromatic N) is 3. The molecule has 2 aliphatic rings. The van der Waals surface area contributed by atoms with Gasteiger partial charge in [-0.2, -0.15) is 0 Å². The third-order valence-corrected chi connectivity index (χ3v) is 3.19. The van der Waals surface area contributed by atoms with Crippen LogP contribution in [0.5, 0.6) is 0 Å². The van der Waals surface area contributed by atoms with Crippen LogP contribution in [0.3, 0.4) is 0 Å². The zero-order chi connectivity index (χ0) is 12.9. The van der Waals surface area contributed by atoms with Gasteiger partial charge < -0.3 is 15.0 Å². The van der Waals surface area contributed by atoms with Gasteiger partial charge in [-0.1, -0.05) is 18.2 Å². The van der Waals surface area contributed by atoms with Crippen molar-refractivity contribution in [2.45, 2.75) is 6.42 Å². The highest BCUT2D eigenvalue weighted by Gasteiger charge is 2.17. The predicted octanol–water partition coefficient (Wildman–Crippen LogP) is 1.59. The van der Waals surface area contributed by atoms with Crippen LogP contribution in [-0.4, -0.2) is 49.5 Å². The van der Waals surface area contributed by atoms with Crippen LogP contribution in [-0.2, 0) is 4.74 Å². The van der Waals surface area contributed by atoms with Crippen LogP contribution in [0, 0.1) is 0 Å². The number of guanidine groups is 1. The highest BCUT2D eigenvalue weighted by atomic mass is 16.5. The Bertz CT molecular complexity index is 477. The van der Waals surface area contributed by atoms with E-state index in [0.29, 0.717) is 0 Å². The van der Waals surface area contributed by atoms with Crippen LogP contribution in [0.25, 0.3) is 0 Å². The maximum Gasteiger partial charge on any atom is 0.222 e. The molecule has 1 saturated heterocycles. The van der Waals surface area contributed by atoms with E-state index >= 15 is 0 Å². The Kier molecular flexibility index (Phi) is 3.74. The summed E-state index contributed by atoms with van der Waals surface area (Å²) < 4.78 is 5.35. The molecular weight excluding hydrogens is 240 g/mol. The van der Waals surface area contributed by atoms with Gasteiger partial charge in [0.25, 0.3) is 0 Å². The number of para-hydroxylation sites is 1. The lowest BCUT2D eigenvalue weighted by molar-refractivity contribution is 0.0674. The molecule has 1 N–H and O–H groups in total. The highest BCUT2D eigenvalue weighted by molar-refractivity contribution is 6.04. The lowest BCUT2D eigenvalue weighted by Crippen LogP contribution is -2.41. The topological polar surface area (TPSA) is 49.2 Å². The molecule has 0 radical (unpaired) electrons. The molecule has 2 aliphatic heterocycles. The van der Waals surface area contributed by atoms with Crippen LogP contribution >= 0.6 is 0 Å². The molecule has 1 aromatic carbocycles. The van der Waals surface area contributed by atoms with E-state index < -0.39 is 0 Å². The smallest absolute Gasteiger partial charge is 0.222 e. The summed E-state index contributed by atoms with van der Waals surface area (Å²) in [6, 6.07) is 10.1. The number of benzene rings is 1. The van der Waals surface area contributed by atoms with Crippen molar-refractivity contribution in [3.05, 3.63) is 30.3 Å². The van der Waals surface area contributed by atoms with Crippen LogP contribution in [0.1, 0.15) is 6.42 Å². The van der Waals surface area contributed by atoms with Gasteiger partial charge in [0.1, 0.15) is 5.84 Å². The predicted molar refractivity (Wildman–Crippen MR) is 76.8 cm³/mol. The van der Waals surface area contributed by atoms with Gasteiger partial charge >= 0.3 is 0 Å². The molecule has 0 bridgehead atoms. The summed E-state index contributed by atoms with van der Waals surface area (Å²) in [7, 11) is 0. The molecule has 19 heavy (non-hydrogen) atoms. The fourth-order valence-corrected chi connectivity index (χ4v) is 2.19. The van der Waals surface area contributed by atoms with E-state index in [1.54, 1.807) is 0 Å². The van der Waals surface area contributed by atoms with Crippen LogP contribution < -0.4 is 5.32 Å². The third kappa shape index (κ3) is 3.12. The number of ether oxygens (including phenoxy) is 1. The first kappa shape index (κ1) is 12.2. The summed E-state index contributed by atoms with van der Waals surface area (Å²) in [4.78, 5) is 11.3. The van der Waals surface area contributed by atoms with Crippen molar-refractivity contribution in [1.82, 2.24) is 4.90 Å². The van der Waals surface area contributed by atoms with E-state index in [1.807, 2.05) is 30.3 Å². The van der Waals surface area contributed by atoms with E-state index in [1.165, 1.54) is 0 Å². The maximum absolute atomic E-state index is 5.35. The molecule has 0 aromatic heterocycles. The van der Waals surface area contributed by atoms with Crippen molar-refractivity contribution in [3.8, 4) is 0 Å². The maximum atomic E-state index is 5.35. The molecule has 3 rings (SSSR count). The largest absolute Gasteiger partial charge is 0.378 e. The van der Waals surface area contributed by atoms with Gasteiger partial charge in [0, 0.05) is 31.7 Å². The molecule has 2 heterocycles. The number of morpholine rings is 1. The van der Waals surface area contributed by atoms with Gasteiger partial charge in [0.15, 0.2) is 0 Å². The van der Waals surface area contributed by atoms with Crippen molar-refractivity contribution < 1.29 is 4.74 Å². The van der Waals surface area contributed by atoms with Crippen LogP contribution in [0.15, 0.2) is 40.3 Å². The fraction of sp³-hybridized carbons (Fsp3) is 0.429. The van der Waals surface area contributed by atoms with Gasteiger partial charge in [-0.05, 0) is 12.1 Å². The minimum absolute atomic E-state index is 0.760. The van der Waals surface area contributed by atoms with Gasteiger partial charge in [-0.3, -0.25) is 4.99 Å². The Balaban J connectivity index is 1.69. The van der Waals surface area contributed by atoms with Crippen molar-refractivity contribution in [1.29, 1.82) is 0 Å². The first-order valence-electron chi connectivity index (χ1n) is 6.68. The Morgan fingerprint density at radius 3 is 2.68 bits per heavy atom. The number of rotatable bonds is 1. The van der Waals surface area contributed by atoms with E-state index in [2.05, 4.69) is 20.2 Å². The molecule has 1 aromatic rings. The molecule has 0 unspecified atom stereocenters. The summed E-state index contributed by atoms with van der Waals surface area (Å²) in [5.41, 5.74) is 1.07. The fourth-order valence-electron chi connectivity index (χ4n) is 2.19. The standard InChI is InChI=1S/C14H18N4O/c1-2-4-12(5-3-1)16-13-6-7-15-14(17-13)18-8-10-19-11-9-18/h1-5H,6-11H2,(H,15,16,17). The molecule has 1 fully saturated rings. The van der Waals surface area contributed by atoms with Crippen molar-refractivity contribution in [3.63, 3.8) is 0 Å². The number of aliphatic imine (C=N–C) groups is 2. The van der Waals surface area contributed by atoms with E-state index in [9.17, 15) is 0 Å². The summed E-state index contributed by atoms with van der Waals surface area (Å²) in [5.74, 6) is 1.83. The van der Waals surface area contributed by atoms with Crippen LogP contribution in [0.4, 0.5) is 5.69 Å². The lowest BCUT2D eigenvalue weighted by atomic mass is 10.3. The molecule has 0 amide bonds. The van der Waals surface area contributed by atoms with E-state index in [-0.39, 0.29) is 0 Å². The zero-order valence-corrected chi connectivity index (χ0v) is 10.9. The molecule has 5 nitrogen and oxygen atoms in total. The average molecular weight is 258 g/mol. The summed E-state index contributed by atoms with van der Waals surface area (Å²) >= 11 is 0. The summed E-state index contributed by atoms with van der Waals surface area (Å²) in [6.07, 6.45) is 0.864. The minimum atomic E-state index is 0.760. The number of hydrogen-bond donors (Lipinski definition) is 1. The zero-order valence-electron chi connectivity index (χ0n) is 10.9. The van der Waals surface area contributed by atoms with Gasteiger partial charge in [-0.15, -0.1) is 0 Å². The summed E-state index contributed by atoms with van der Waals surface area (Å²) in [5, 5.41) is 3.36. The van der Waals surface area contributed by atoms with Gasteiger partial charge in [-0.25, -0.2) is 4.99 Å². The average Bonchev–Trinajstić information content (AvgIpc) is 2.49. The molecule has 5 heteroatoms. The van der Waals surface area contributed by atoms with E-state index in [0.717, 1.165) is 56.8 Å². The van der Waals surface area contributed by atoms with Crippen LogP contribution in [0.2, 0.25) is 0 Å². The lowest BCUT2D eigenvalue weighted by Gasteiger charge is -2.29.